The summed E-state index contributed by atoms with van der Waals surface area (Å²) in [6.07, 6.45) is 18.7. The summed E-state index contributed by atoms with van der Waals surface area (Å²) in [5, 5.41) is 0. The van der Waals surface area contributed by atoms with Crippen molar-refractivity contribution in [1.82, 2.24) is 0 Å². The average Bonchev–Trinajstić information content (AvgIpc) is 2.55. The molecule has 3 heteroatoms. The number of carbonyl (C=O) groups excluding carboxylic acids is 1. The lowest BCUT2D eigenvalue weighted by atomic mass is 10.0. The number of unbranched alkanes of at least 4 members (excludes halogenated alkanes) is 12. The number of carbonyl (C=O) groups is 1. The van der Waals surface area contributed by atoms with E-state index in [-0.39, 0.29) is 12.2 Å². The van der Waals surface area contributed by atoms with Gasteiger partial charge in [0.2, 0.25) is 6.23 Å². The Morgan fingerprint density at radius 2 is 1.12 bits per heavy atom. The van der Waals surface area contributed by atoms with E-state index in [4.69, 9.17) is 4.74 Å². The zero-order chi connectivity index (χ0) is 19.0. The fourth-order valence-corrected chi connectivity index (χ4v) is 3.29. The number of nitrogens with zero attached hydrogens (tertiary/aromatic N) is 1. The van der Waals surface area contributed by atoms with E-state index in [0.717, 1.165) is 19.3 Å². The first-order chi connectivity index (χ1) is 11.9. The Hall–Kier alpha value is -0.570. The molecule has 1 unspecified atom stereocenters. The van der Waals surface area contributed by atoms with Crippen molar-refractivity contribution in [1.29, 1.82) is 0 Å². The monoisotopic (exact) mass is 356 g/mol. The van der Waals surface area contributed by atoms with Gasteiger partial charge in [0, 0.05) is 12.8 Å². The van der Waals surface area contributed by atoms with E-state index in [1.807, 2.05) is 0 Å². The minimum Gasteiger partial charge on any atom is -0.412 e. The molecular formula is C22H46NO2+. The molecule has 0 spiro atoms. The van der Waals surface area contributed by atoms with E-state index < -0.39 is 0 Å². The number of ether oxygens (including phenoxy) is 1. The van der Waals surface area contributed by atoms with Crippen LogP contribution >= 0.6 is 0 Å². The fourth-order valence-electron chi connectivity index (χ4n) is 3.29. The van der Waals surface area contributed by atoms with Crippen molar-refractivity contribution in [3.8, 4) is 0 Å². The van der Waals surface area contributed by atoms with Crippen LogP contribution < -0.4 is 0 Å². The van der Waals surface area contributed by atoms with Crippen LogP contribution in [-0.2, 0) is 9.53 Å². The Bertz CT molecular complexity index is 310. The Kier molecular flexibility index (Phi) is 15.3. The molecule has 0 aliphatic rings. The molecule has 0 heterocycles. The lowest BCUT2D eigenvalue weighted by Crippen LogP contribution is -2.47. The summed E-state index contributed by atoms with van der Waals surface area (Å²) < 4.78 is 6.29. The van der Waals surface area contributed by atoms with E-state index in [1.54, 1.807) is 0 Å². The normalized spacial score (nSPS) is 13.0. The molecule has 0 aromatic rings. The van der Waals surface area contributed by atoms with Gasteiger partial charge in [-0.25, -0.2) is 0 Å². The third-order valence-corrected chi connectivity index (χ3v) is 4.97. The molecule has 0 rings (SSSR count). The Balaban J connectivity index is 3.39. The van der Waals surface area contributed by atoms with Crippen LogP contribution in [0.4, 0.5) is 0 Å². The van der Waals surface area contributed by atoms with Gasteiger partial charge in [0.05, 0.1) is 21.1 Å². The summed E-state index contributed by atoms with van der Waals surface area (Å²) in [6, 6.07) is 0. The van der Waals surface area contributed by atoms with E-state index >= 15 is 0 Å². The van der Waals surface area contributed by atoms with Crippen molar-refractivity contribution in [2.75, 3.05) is 21.1 Å². The maximum atomic E-state index is 11.9. The predicted octanol–water partition coefficient (Wildman–Crippen LogP) is 6.45. The molecule has 0 N–H and O–H groups in total. The van der Waals surface area contributed by atoms with Gasteiger partial charge < -0.3 is 4.74 Å². The minimum atomic E-state index is -0.0250. The van der Waals surface area contributed by atoms with Gasteiger partial charge in [0.25, 0.3) is 0 Å². The van der Waals surface area contributed by atoms with Gasteiger partial charge in [0.1, 0.15) is 0 Å². The lowest BCUT2D eigenvalue weighted by molar-refractivity contribution is -0.917. The van der Waals surface area contributed by atoms with E-state index in [2.05, 4.69) is 35.0 Å². The SMILES string of the molecule is CCCCCCCCCCCCCCCC(=O)OC(CC)[N+](C)(C)C. The van der Waals surface area contributed by atoms with Crippen molar-refractivity contribution in [2.24, 2.45) is 0 Å². The molecule has 0 aliphatic heterocycles. The maximum absolute atomic E-state index is 11.9. The van der Waals surface area contributed by atoms with Gasteiger partial charge in [-0.05, 0) is 6.42 Å². The highest BCUT2D eigenvalue weighted by molar-refractivity contribution is 5.69. The first-order valence-corrected chi connectivity index (χ1v) is 10.9. The molecule has 0 aromatic carbocycles. The van der Waals surface area contributed by atoms with Crippen LogP contribution in [0.25, 0.3) is 0 Å². The first kappa shape index (κ1) is 24.4. The quantitative estimate of drug-likeness (QED) is 0.129. The predicted molar refractivity (Wildman–Crippen MR) is 109 cm³/mol. The zero-order valence-corrected chi connectivity index (χ0v) is 17.9. The molecule has 1 atom stereocenters. The first-order valence-electron chi connectivity index (χ1n) is 10.9. The zero-order valence-electron chi connectivity index (χ0n) is 17.9. The highest BCUT2D eigenvalue weighted by atomic mass is 16.6. The largest absolute Gasteiger partial charge is 0.412 e. The smallest absolute Gasteiger partial charge is 0.310 e. The van der Waals surface area contributed by atoms with E-state index in [9.17, 15) is 4.79 Å². The highest BCUT2D eigenvalue weighted by Gasteiger charge is 2.25. The molecule has 0 radical (unpaired) electrons. The molecule has 0 fully saturated rings. The minimum absolute atomic E-state index is 0.0190. The Morgan fingerprint density at radius 1 is 0.720 bits per heavy atom. The molecule has 3 nitrogen and oxygen atoms in total. The molecule has 0 bridgehead atoms. The van der Waals surface area contributed by atoms with Crippen LogP contribution in [0.15, 0.2) is 0 Å². The maximum Gasteiger partial charge on any atom is 0.310 e. The summed E-state index contributed by atoms with van der Waals surface area (Å²) in [5.74, 6) is -0.0250. The molecule has 0 saturated carbocycles. The van der Waals surface area contributed by atoms with Crippen molar-refractivity contribution in [3.05, 3.63) is 0 Å². The van der Waals surface area contributed by atoms with Crippen LogP contribution in [0.5, 0.6) is 0 Å². The fraction of sp³-hybridized carbons (Fsp3) is 0.955. The molecule has 0 saturated heterocycles. The summed E-state index contributed by atoms with van der Waals surface area (Å²) in [6.45, 7) is 4.35. The molecule has 0 amide bonds. The Labute approximate surface area is 158 Å². The van der Waals surface area contributed by atoms with Crippen molar-refractivity contribution < 1.29 is 14.0 Å². The van der Waals surface area contributed by atoms with Crippen LogP contribution in [0.3, 0.4) is 0 Å². The summed E-state index contributed by atoms with van der Waals surface area (Å²) >= 11 is 0. The number of hydrogen-bond donors (Lipinski definition) is 0. The van der Waals surface area contributed by atoms with Crippen LogP contribution in [0.2, 0.25) is 0 Å². The van der Waals surface area contributed by atoms with Gasteiger partial charge in [-0.15, -0.1) is 0 Å². The van der Waals surface area contributed by atoms with Crippen LogP contribution in [0.1, 0.15) is 110 Å². The lowest BCUT2D eigenvalue weighted by Gasteiger charge is -2.32. The summed E-state index contributed by atoms with van der Waals surface area (Å²) in [5.41, 5.74) is 0. The standard InChI is InChI=1S/C22H46NO2/c1-6-8-9-10-11-12-13-14-15-16-17-18-19-20-22(24)25-21(7-2)23(3,4)5/h21H,6-20H2,1-5H3/q+1. The Morgan fingerprint density at radius 3 is 1.48 bits per heavy atom. The van der Waals surface area contributed by atoms with Crippen molar-refractivity contribution in [3.63, 3.8) is 0 Å². The molecule has 25 heavy (non-hydrogen) atoms. The highest BCUT2D eigenvalue weighted by Crippen LogP contribution is 2.14. The van der Waals surface area contributed by atoms with Gasteiger partial charge >= 0.3 is 5.97 Å². The summed E-state index contributed by atoms with van der Waals surface area (Å²) in [7, 11) is 6.23. The average molecular weight is 357 g/mol. The van der Waals surface area contributed by atoms with Gasteiger partial charge in [-0.2, -0.15) is 0 Å². The number of quaternary nitrogens is 1. The van der Waals surface area contributed by atoms with Gasteiger partial charge in [0.15, 0.2) is 0 Å². The molecule has 0 aliphatic carbocycles. The molecular weight excluding hydrogens is 310 g/mol. The van der Waals surface area contributed by atoms with E-state index in [1.165, 1.54) is 70.6 Å². The number of rotatable bonds is 17. The second-order valence-electron chi connectivity index (χ2n) is 8.46. The third-order valence-electron chi connectivity index (χ3n) is 4.97. The second kappa shape index (κ2) is 15.7. The third kappa shape index (κ3) is 15.4. The van der Waals surface area contributed by atoms with Gasteiger partial charge in [-0.3, -0.25) is 9.28 Å². The van der Waals surface area contributed by atoms with E-state index in [0.29, 0.717) is 10.9 Å². The number of esters is 1. The van der Waals surface area contributed by atoms with Crippen molar-refractivity contribution >= 4 is 5.97 Å². The molecule has 0 aromatic heterocycles. The van der Waals surface area contributed by atoms with Crippen molar-refractivity contribution in [2.45, 2.75) is 116 Å². The van der Waals surface area contributed by atoms with Gasteiger partial charge in [-0.1, -0.05) is 90.9 Å². The van der Waals surface area contributed by atoms with Crippen LogP contribution in [-0.4, -0.2) is 37.8 Å². The topological polar surface area (TPSA) is 26.3 Å². The molecule has 150 valence electrons. The summed E-state index contributed by atoms with van der Waals surface area (Å²) in [4.78, 5) is 11.9. The number of hydrogen-bond acceptors (Lipinski definition) is 2. The van der Waals surface area contributed by atoms with Crippen LogP contribution in [0, 0.1) is 0 Å². The second-order valence-corrected chi connectivity index (χ2v) is 8.46.